The fourth-order valence-electron chi connectivity index (χ4n) is 4.24. The second-order valence-electron chi connectivity index (χ2n) is 7.33. The average Bonchev–Trinajstić information content (AvgIpc) is 3.07. The molecule has 2 aliphatic rings. The zero-order valence-corrected chi connectivity index (χ0v) is 15.2. The third-order valence-electron chi connectivity index (χ3n) is 5.62. The van der Waals surface area contributed by atoms with Gasteiger partial charge in [0, 0.05) is 45.1 Å². The van der Waals surface area contributed by atoms with Crippen LogP contribution in [0.15, 0.2) is 59.7 Å². The summed E-state index contributed by atoms with van der Waals surface area (Å²) in [6, 6.07) is 15.6. The van der Waals surface area contributed by atoms with Crippen LogP contribution in [-0.4, -0.2) is 41.0 Å². The van der Waals surface area contributed by atoms with Gasteiger partial charge >= 0.3 is 0 Å². The maximum Gasteiger partial charge on any atom is 0.290 e. The van der Waals surface area contributed by atoms with Gasteiger partial charge in [0.15, 0.2) is 5.82 Å². The Labute approximate surface area is 158 Å². The molecule has 0 radical (unpaired) electrons. The minimum Gasteiger partial charge on any atom is -0.349 e. The Morgan fingerprint density at radius 1 is 0.963 bits per heavy atom. The van der Waals surface area contributed by atoms with E-state index in [1.807, 2.05) is 0 Å². The first-order valence-corrected chi connectivity index (χ1v) is 9.49. The summed E-state index contributed by atoms with van der Waals surface area (Å²) in [6.07, 6.45) is 4.26. The van der Waals surface area contributed by atoms with Gasteiger partial charge in [0.1, 0.15) is 0 Å². The summed E-state index contributed by atoms with van der Waals surface area (Å²) in [5.74, 6) is 0.535. The molecule has 2 aromatic carbocycles. The maximum absolute atomic E-state index is 11.9. The molecule has 1 saturated heterocycles. The molecular weight excluding hydrogens is 336 g/mol. The zero-order valence-electron chi connectivity index (χ0n) is 15.2. The number of H-pyrrole nitrogens is 1. The second-order valence-corrected chi connectivity index (χ2v) is 7.33. The van der Waals surface area contributed by atoms with Crippen LogP contribution >= 0.6 is 0 Å². The van der Waals surface area contributed by atoms with Crippen LogP contribution in [0.2, 0.25) is 0 Å². The van der Waals surface area contributed by atoms with Crippen molar-refractivity contribution in [1.29, 1.82) is 0 Å². The maximum atomic E-state index is 11.9. The normalized spacial score (nSPS) is 16.2. The number of benzene rings is 2. The molecule has 0 saturated carbocycles. The monoisotopic (exact) mass is 358 g/mol. The third kappa shape index (κ3) is 3.04. The number of aromatic nitrogens is 2. The molecule has 1 aliphatic heterocycles. The van der Waals surface area contributed by atoms with Crippen molar-refractivity contribution in [2.24, 2.45) is 0 Å². The van der Waals surface area contributed by atoms with Gasteiger partial charge in [-0.3, -0.25) is 9.69 Å². The molecular formula is C22H22N4O. The number of nitrogens with zero attached hydrogens (tertiary/aromatic N) is 3. The number of rotatable bonds is 3. The van der Waals surface area contributed by atoms with Crippen LogP contribution in [0.25, 0.3) is 11.1 Å². The number of anilines is 1. The Kier molecular flexibility index (Phi) is 4.02. The van der Waals surface area contributed by atoms with Gasteiger partial charge in [-0.25, -0.2) is 4.98 Å². The molecule has 1 fully saturated rings. The van der Waals surface area contributed by atoms with Crippen molar-refractivity contribution in [2.45, 2.75) is 13.0 Å². The van der Waals surface area contributed by atoms with Gasteiger partial charge in [-0.2, -0.15) is 0 Å². The first kappa shape index (κ1) is 16.3. The van der Waals surface area contributed by atoms with Crippen LogP contribution in [0.4, 0.5) is 5.82 Å². The Balaban J connectivity index is 1.26. The van der Waals surface area contributed by atoms with Gasteiger partial charge in [0.25, 0.3) is 5.56 Å². The predicted octanol–water partition coefficient (Wildman–Crippen LogP) is 2.66. The fraction of sp³-hybridized carbons (Fsp3) is 0.273. The molecule has 5 rings (SSSR count). The van der Waals surface area contributed by atoms with Gasteiger partial charge in [-0.15, -0.1) is 0 Å². The van der Waals surface area contributed by atoms with E-state index in [2.05, 4.69) is 62.2 Å². The van der Waals surface area contributed by atoms with Gasteiger partial charge in [0.05, 0.1) is 0 Å². The molecule has 1 aromatic heterocycles. The fourth-order valence-corrected chi connectivity index (χ4v) is 4.24. The number of hydrogen-bond donors (Lipinski definition) is 1. The highest BCUT2D eigenvalue weighted by Crippen LogP contribution is 2.36. The van der Waals surface area contributed by atoms with Crippen LogP contribution in [0, 0.1) is 0 Å². The van der Waals surface area contributed by atoms with Crippen LogP contribution in [0.5, 0.6) is 0 Å². The summed E-state index contributed by atoms with van der Waals surface area (Å²) in [7, 11) is 0. The lowest BCUT2D eigenvalue weighted by Crippen LogP contribution is -2.47. The SMILES string of the molecule is O=c1[nH]ccnc1N1CCN(Cc2ccc3c(c2)Cc2ccccc2-3)CC1. The molecule has 1 N–H and O–H groups in total. The predicted molar refractivity (Wildman–Crippen MR) is 107 cm³/mol. The van der Waals surface area contributed by atoms with Crippen LogP contribution in [-0.2, 0) is 13.0 Å². The lowest BCUT2D eigenvalue weighted by Gasteiger charge is -2.34. The molecule has 27 heavy (non-hydrogen) atoms. The summed E-state index contributed by atoms with van der Waals surface area (Å²) in [4.78, 5) is 23.4. The van der Waals surface area contributed by atoms with Gasteiger partial charge < -0.3 is 9.88 Å². The van der Waals surface area contributed by atoms with E-state index in [1.54, 1.807) is 12.4 Å². The molecule has 3 aromatic rings. The van der Waals surface area contributed by atoms with E-state index >= 15 is 0 Å². The summed E-state index contributed by atoms with van der Waals surface area (Å²) in [6.45, 7) is 4.49. The van der Waals surface area contributed by atoms with Gasteiger partial charge in [0.2, 0.25) is 0 Å². The summed E-state index contributed by atoms with van der Waals surface area (Å²) in [5.41, 5.74) is 6.89. The molecule has 5 heteroatoms. The highest BCUT2D eigenvalue weighted by atomic mass is 16.1. The number of aromatic amines is 1. The van der Waals surface area contributed by atoms with Crippen molar-refractivity contribution in [3.05, 3.63) is 81.9 Å². The largest absolute Gasteiger partial charge is 0.349 e. The van der Waals surface area contributed by atoms with E-state index in [9.17, 15) is 4.79 Å². The van der Waals surface area contributed by atoms with Crippen LogP contribution < -0.4 is 10.5 Å². The van der Waals surface area contributed by atoms with Gasteiger partial charge in [-0.1, -0.05) is 42.5 Å². The van der Waals surface area contributed by atoms with Gasteiger partial charge in [-0.05, 0) is 34.2 Å². The average molecular weight is 358 g/mol. The molecule has 136 valence electrons. The standard InChI is InChI=1S/C22H22N4O/c27-22-21(23-7-8-24-22)26-11-9-25(10-12-26)15-16-5-6-20-18(13-16)14-17-3-1-2-4-19(17)20/h1-8,13H,9-12,14-15H2,(H,24,27). The molecule has 0 spiro atoms. The lowest BCUT2D eigenvalue weighted by molar-refractivity contribution is 0.249. The Morgan fingerprint density at radius 3 is 2.63 bits per heavy atom. The first-order chi connectivity index (χ1) is 13.3. The molecule has 0 atom stereocenters. The van der Waals surface area contributed by atoms with E-state index in [-0.39, 0.29) is 5.56 Å². The van der Waals surface area contributed by atoms with Crippen LogP contribution in [0.3, 0.4) is 0 Å². The lowest BCUT2D eigenvalue weighted by atomic mass is 10.0. The molecule has 5 nitrogen and oxygen atoms in total. The highest BCUT2D eigenvalue weighted by molar-refractivity contribution is 5.76. The minimum atomic E-state index is -0.107. The first-order valence-electron chi connectivity index (χ1n) is 9.49. The Morgan fingerprint density at radius 2 is 1.78 bits per heavy atom. The number of hydrogen-bond acceptors (Lipinski definition) is 4. The number of piperazine rings is 1. The van der Waals surface area contributed by atoms with E-state index in [1.165, 1.54) is 27.8 Å². The zero-order chi connectivity index (χ0) is 18.2. The van der Waals surface area contributed by atoms with Crippen molar-refractivity contribution in [3.8, 4) is 11.1 Å². The van der Waals surface area contributed by atoms with Crippen molar-refractivity contribution in [1.82, 2.24) is 14.9 Å². The molecule has 2 heterocycles. The van der Waals surface area contributed by atoms with E-state index in [4.69, 9.17) is 0 Å². The molecule has 1 aliphatic carbocycles. The second kappa shape index (κ2) is 6.67. The van der Waals surface area contributed by atoms with Crippen molar-refractivity contribution in [2.75, 3.05) is 31.1 Å². The summed E-state index contributed by atoms with van der Waals surface area (Å²) < 4.78 is 0. The quantitative estimate of drug-likeness (QED) is 0.612. The van der Waals surface area contributed by atoms with Crippen molar-refractivity contribution < 1.29 is 0 Å². The van der Waals surface area contributed by atoms with E-state index < -0.39 is 0 Å². The topological polar surface area (TPSA) is 52.2 Å². The van der Waals surface area contributed by atoms with E-state index in [0.29, 0.717) is 5.82 Å². The smallest absolute Gasteiger partial charge is 0.290 e. The van der Waals surface area contributed by atoms with Crippen molar-refractivity contribution >= 4 is 5.82 Å². The summed E-state index contributed by atoms with van der Waals surface area (Å²) in [5, 5.41) is 0. The van der Waals surface area contributed by atoms with E-state index in [0.717, 1.165) is 39.1 Å². The Hall–Kier alpha value is -2.92. The summed E-state index contributed by atoms with van der Waals surface area (Å²) >= 11 is 0. The molecule has 0 amide bonds. The number of fused-ring (bicyclic) bond motifs is 3. The third-order valence-corrected chi connectivity index (χ3v) is 5.62. The Bertz CT molecular complexity index is 1030. The molecule has 0 unspecified atom stereocenters. The molecule has 0 bridgehead atoms. The van der Waals surface area contributed by atoms with Crippen LogP contribution in [0.1, 0.15) is 16.7 Å². The van der Waals surface area contributed by atoms with Crippen molar-refractivity contribution in [3.63, 3.8) is 0 Å². The minimum absolute atomic E-state index is 0.107. The highest BCUT2D eigenvalue weighted by Gasteiger charge is 2.21. The number of nitrogens with one attached hydrogen (secondary N) is 1.